The largest absolute Gasteiger partial charge is 0.493 e. The van der Waals surface area contributed by atoms with Crippen LogP contribution in [-0.4, -0.2) is 32.7 Å². The van der Waals surface area contributed by atoms with Crippen LogP contribution < -0.4 is 23.8 Å². The molecule has 0 radical (unpaired) electrons. The molecule has 26 heavy (non-hydrogen) atoms. The van der Waals surface area contributed by atoms with Gasteiger partial charge in [0.2, 0.25) is 6.79 Å². The number of hydrogen-bond donors (Lipinski definition) is 2. The van der Waals surface area contributed by atoms with Crippen LogP contribution in [0.5, 0.6) is 23.0 Å². The minimum atomic E-state index is -0.551. The van der Waals surface area contributed by atoms with Crippen molar-refractivity contribution in [1.29, 1.82) is 0 Å². The van der Waals surface area contributed by atoms with Gasteiger partial charge in [-0.15, -0.1) is 0 Å². The van der Waals surface area contributed by atoms with Crippen molar-refractivity contribution in [2.24, 2.45) is 0 Å². The molecular weight excluding hydrogens is 334 g/mol. The van der Waals surface area contributed by atoms with Gasteiger partial charge in [-0.1, -0.05) is 6.07 Å². The van der Waals surface area contributed by atoms with E-state index >= 15 is 0 Å². The lowest BCUT2D eigenvalue weighted by Crippen LogP contribution is -3.09. The summed E-state index contributed by atoms with van der Waals surface area (Å²) in [5.41, 5.74) is 5.28. The summed E-state index contributed by atoms with van der Waals surface area (Å²) in [4.78, 5) is 1.20. The molecule has 2 atom stereocenters. The lowest BCUT2D eigenvalue weighted by Gasteiger charge is -2.34. The Bertz CT molecular complexity index is 936. The molecule has 0 fully saturated rings. The Morgan fingerprint density at radius 2 is 1.92 bits per heavy atom. The van der Waals surface area contributed by atoms with Gasteiger partial charge in [-0.05, 0) is 23.8 Å². The first-order valence-electron chi connectivity index (χ1n) is 8.62. The third-order valence-electron chi connectivity index (χ3n) is 5.39. The Morgan fingerprint density at radius 1 is 1.12 bits per heavy atom. The maximum Gasteiger partial charge on any atom is 0.231 e. The van der Waals surface area contributed by atoms with Gasteiger partial charge in [0.15, 0.2) is 23.0 Å². The highest BCUT2D eigenvalue weighted by Gasteiger charge is 2.37. The van der Waals surface area contributed by atoms with Gasteiger partial charge in [0.1, 0.15) is 24.9 Å². The van der Waals surface area contributed by atoms with Crippen LogP contribution >= 0.6 is 0 Å². The van der Waals surface area contributed by atoms with Crippen LogP contribution in [0.1, 0.15) is 28.4 Å². The van der Waals surface area contributed by atoms with Gasteiger partial charge in [0.05, 0.1) is 19.8 Å². The standard InChI is InChI=1S/C20H19NO5/c1-23-17-4-3-11-5-15-12-6-18-19(26-10-25-18)7-13(12)16(22)9-21(15)8-14(11)20(17)24-2/h3-7,16,22H,8-10H2,1-2H3/p+1. The zero-order chi connectivity index (χ0) is 17.8. The van der Waals surface area contributed by atoms with E-state index in [0.717, 1.165) is 51.7 Å². The fraction of sp³-hybridized carbons (Fsp3) is 0.300. The molecule has 0 bridgehead atoms. The molecule has 2 unspecified atom stereocenters. The molecule has 0 aliphatic carbocycles. The molecular formula is C20H20NO5+. The summed E-state index contributed by atoms with van der Waals surface area (Å²) in [5.74, 6) is 2.92. The number of aliphatic hydroxyl groups excluding tert-OH is 1. The molecule has 134 valence electrons. The highest BCUT2D eigenvalue weighted by atomic mass is 16.7. The van der Waals surface area contributed by atoms with Crippen molar-refractivity contribution in [3.05, 3.63) is 46.5 Å². The van der Waals surface area contributed by atoms with Crippen molar-refractivity contribution in [2.45, 2.75) is 12.6 Å². The summed E-state index contributed by atoms with van der Waals surface area (Å²) in [7, 11) is 3.30. The van der Waals surface area contributed by atoms with Crippen molar-refractivity contribution in [2.75, 3.05) is 27.6 Å². The van der Waals surface area contributed by atoms with Crippen LogP contribution in [0, 0.1) is 0 Å². The number of nitrogens with one attached hydrogen (secondary N) is 1. The number of fused-ring (bicyclic) bond motifs is 5. The van der Waals surface area contributed by atoms with E-state index in [4.69, 9.17) is 18.9 Å². The molecule has 2 aromatic rings. The molecule has 0 saturated carbocycles. The summed E-state index contributed by atoms with van der Waals surface area (Å²) in [6, 6.07) is 7.87. The summed E-state index contributed by atoms with van der Waals surface area (Å²) >= 11 is 0. The van der Waals surface area contributed by atoms with Gasteiger partial charge in [-0.2, -0.15) is 0 Å². The number of benzene rings is 2. The van der Waals surface area contributed by atoms with Crippen molar-refractivity contribution < 1.29 is 29.0 Å². The van der Waals surface area contributed by atoms with Gasteiger partial charge in [0, 0.05) is 17.2 Å². The first-order valence-corrected chi connectivity index (χ1v) is 8.62. The van der Waals surface area contributed by atoms with Gasteiger partial charge < -0.3 is 24.1 Å². The van der Waals surface area contributed by atoms with Crippen LogP contribution in [0.15, 0.2) is 24.3 Å². The molecule has 0 aromatic heterocycles. The highest BCUT2D eigenvalue weighted by molar-refractivity contribution is 5.83. The van der Waals surface area contributed by atoms with E-state index in [1.807, 2.05) is 18.2 Å². The van der Waals surface area contributed by atoms with Crippen molar-refractivity contribution in [3.8, 4) is 23.0 Å². The molecule has 5 rings (SSSR count). The van der Waals surface area contributed by atoms with E-state index in [1.54, 1.807) is 14.2 Å². The normalized spacial score (nSPS) is 22.0. The predicted octanol–water partition coefficient (Wildman–Crippen LogP) is 1.38. The van der Waals surface area contributed by atoms with Gasteiger partial charge in [-0.25, -0.2) is 0 Å². The fourth-order valence-corrected chi connectivity index (χ4v) is 4.15. The molecule has 0 spiro atoms. The van der Waals surface area contributed by atoms with Gasteiger partial charge in [-0.3, -0.25) is 4.90 Å². The van der Waals surface area contributed by atoms with Crippen LogP contribution in [0.2, 0.25) is 0 Å². The Hall–Kier alpha value is -2.70. The molecule has 3 heterocycles. The Labute approximate surface area is 151 Å². The molecule has 3 aliphatic heterocycles. The monoisotopic (exact) mass is 354 g/mol. The second kappa shape index (κ2) is 5.65. The summed E-state index contributed by atoms with van der Waals surface area (Å²) in [6.45, 7) is 1.55. The van der Waals surface area contributed by atoms with E-state index in [0.29, 0.717) is 12.3 Å². The number of ether oxygens (including phenoxy) is 4. The number of methoxy groups -OCH3 is 2. The second-order valence-corrected chi connectivity index (χ2v) is 6.72. The Kier molecular flexibility index (Phi) is 3.38. The minimum Gasteiger partial charge on any atom is -0.493 e. The van der Waals surface area contributed by atoms with Gasteiger partial charge in [0.25, 0.3) is 0 Å². The summed E-state index contributed by atoms with van der Waals surface area (Å²) in [6.07, 6.45) is 1.62. The average molecular weight is 354 g/mol. The summed E-state index contributed by atoms with van der Waals surface area (Å²) < 4.78 is 22.0. The van der Waals surface area contributed by atoms with Crippen molar-refractivity contribution in [1.82, 2.24) is 0 Å². The van der Waals surface area contributed by atoms with Crippen LogP contribution in [-0.2, 0) is 6.54 Å². The van der Waals surface area contributed by atoms with E-state index in [-0.39, 0.29) is 6.79 Å². The zero-order valence-electron chi connectivity index (χ0n) is 14.7. The van der Waals surface area contributed by atoms with Crippen molar-refractivity contribution in [3.63, 3.8) is 0 Å². The topological polar surface area (TPSA) is 61.6 Å². The number of quaternary nitrogens is 1. The third kappa shape index (κ3) is 2.12. The number of rotatable bonds is 2. The van der Waals surface area contributed by atoms with E-state index in [2.05, 4.69) is 12.1 Å². The van der Waals surface area contributed by atoms with E-state index < -0.39 is 6.10 Å². The predicted molar refractivity (Wildman–Crippen MR) is 94.5 cm³/mol. The molecule has 6 heteroatoms. The maximum atomic E-state index is 10.7. The zero-order valence-corrected chi connectivity index (χ0v) is 14.7. The lowest BCUT2D eigenvalue weighted by atomic mass is 9.89. The second-order valence-electron chi connectivity index (χ2n) is 6.72. The lowest BCUT2D eigenvalue weighted by molar-refractivity contribution is -0.846. The first-order chi connectivity index (χ1) is 12.7. The molecule has 3 aliphatic rings. The minimum absolute atomic E-state index is 0.226. The van der Waals surface area contributed by atoms with Crippen LogP contribution in [0.4, 0.5) is 0 Å². The summed E-state index contributed by atoms with van der Waals surface area (Å²) in [5, 5.41) is 10.7. The smallest absolute Gasteiger partial charge is 0.231 e. The van der Waals surface area contributed by atoms with Crippen molar-refractivity contribution >= 4 is 11.8 Å². The molecule has 0 saturated heterocycles. The third-order valence-corrected chi connectivity index (χ3v) is 5.39. The maximum absolute atomic E-state index is 10.7. The number of aliphatic hydroxyl groups is 1. The van der Waals surface area contributed by atoms with Crippen LogP contribution in [0.25, 0.3) is 11.8 Å². The SMILES string of the molecule is COc1ccc2c(c1OC)C[NH+]1CC(O)c3cc4c(cc3C1=C2)OCO4. The van der Waals surface area contributed by atoms with E-state index in [1.165, 1.54) is 4.90 Å². The highest BCUT2D eigenvalue weighted by Crippen LogP contribution is 2.42. The van der Waals surface area contributed by atoms with E-state index in [9.17, 15) is 5.11 Å². The first kappa shape index (κ1) is 15.5. The molecule has 0 amide bonds. The average Bonchev–Trinajstić information content (AvgIpc) is 3.12. The Morgan fingerprint density at radius 3 is 2.69 bits per heavy atom. The fourth-order valence-electron chi connectivity index (χ4n) is 4.15. The van der Waals surface area contributed by atoms with Gasteiger partial charge >= 0.3 is 0 Å². The quantitative estimate of drug-likeness (QED) is 0.853. The molecule has 2 aromatic carbocycles. The number of hydrogen-bond acceptors (Lipinski definition) is 5. The molecule has 6 nitrogen and oxygen atoms in total. The van der Waals surface area contributed by atoms with Crippen LogP contribution in [0.3, 0.4) is 0 Å². The molecule has 2 N–H and O–H groups in total. The Balaban J connectivity index is 1.69.